The van der Waals surface area contributed by atoms with Gasteiger partial charge in [0.25, 0.3) is 0 Å². The van der Waals surface area contributed by atoms with Crippen LogP contribution in [0.3, 0.4) is 0 Å². The van der Waals surface area contributed by atoms with Crippen molar-refractivity contribution < 1.29 is 28.7 Å². The molecule has 8 atom stereocenters. The fraction of sp³-hybridized carbons (Fsp3) is 0.500. The Kier molecular flexibility index (Phi) is 9.55. The van der Waals surface area contributed by atoms with Gasteiger partial charge in [-0.15, -0.1) is 0 Å². The first kappa shape index (κ1) is 37.9. The summed E-state index contributed by atoms with van der Waals surface area (Å²) in [6.45, 7) is 7.72. The van der Waals surface area contributed by atoms with Crippen molar-refractivity contribution in [1.82, 2.24) is 40.4 Å². The lowest BCUT2D eigenvalue weighted by atomic mass is 9.78. The summed E-state index contributed by atoms with van der Waals surface area (Å²) < 4.78 is 9.67. The zero-order chi connectivity index (χ0) is 40.6. The lowest BCUT2D eigenvalue weighted by Crippen LogP contribution is -2.54. The van der Waals surface area contributed by atoms with Crippen LogP contribution in [-0.2, 0) is 19.1 Å². The van der Waals surface area contributed by atoms with Crippen LogP contribution in [0.15, 0.2) is 48.8 Å². The summed E-state index contributed by atoms with van der Waals surface area (Å²) in [5.41, 5.74) is 8.51. The number of aromatic amines is 2. The van der Waals surface area contributed by atoms with Gasteiger partial charge in [0, 0.05) is 23.2 Å². The second kappa shape index (κ2) is 14.6. The third-order valence-electron chi connectivity index (χ3n) is 13.5. The first-order valence-corrected chi connectivity index (χ1v) is 20.7. The van der Waals surface area contributed by atoms with Crippen molar-refractivity contribution in [2.45, 2.75) is 102 Å². The number of imidazole rings is 2. The van der Waals surface area contributed by atoms with E-state index in [1.165, 1.54) is 36.5 Å². The van der Waals surface area contributed by atoms with Crippen LogP contribution >= 0.6 is 0 Å². The van der Waals surface area contributed by atoms with Gasteiger partial charge in [-0.05, 0) is 96.6 Å². The molecule has 4 amide bonds. The maximum atomic E-state index is 14.0. The molecule has 58 heavy (non-hydrogen) atoms. The average Bonchev–Trinajstić information content (AvgIpc) is 4.09. The van der Waals surface area contributed by atoms with E-state index in [2.05, 4.69) is 57.0 Å². The molecule has 4 fully saturated rings. The Morgan fingerprint density at radius 1 is 0.638 bits per heavy atom. The number of alkyl carbamates (subject to hydrolysis) is 2. The molecule has 2 aromatic carbocycles. The van der Waals surface area contributed by atoms with Gasteiger partial charge in [-0.1, -0.05) is 52.0 Å². The number of methoxy groups -OCH3 is 2. The average molecular weight is 789 g/mol. The van der Waals surface area contributed by atoms with Gasteiger partial charge in [-0.3, -0.25) is 9.59 Å². The Labute approximate surface area is 337 Å². The van der Waals surface area contributed by atoms with Crippen molar-refractivity contribution in [2.24, 2.45) is 23.7 Å². The van der Waals surface area contributed by atoms with E-state index in [1.54, 1.807) is 0 Å². The van der Waals surface area contributed by atoms with Gasteiger partial charge < -0.3 is 39.9 Å². The van der Waals surface area contributed by atoms with Gasteiger partial charge >= 0.3 is 12.2 Å². The van der Waals surface area contributed by atoms with Gasteiger partial charge in [0.2, 0.25) is 11.8 Å². The summed E-state index contributed by atoms with van der Waals surface area (Å²) in [6, 6.07) is 11.4. The molecular formula is C44H52N8O6. The van der Waals surface area contributed by atoms with Crippen LogP contribution in [0.25, 0.3) is 44.8 Å². The lowest BCUT2D eigenvalue weighted by molar-refractivity contribution is -0.140. The van der Waals surface area contributed by atoms with Crippen molar-refractivity contribution in [2.75, 3.05) is 14.2 Å². The summed E-state index contributed by atoms with van der Waals surface area (Å²) >= 11 is 0. The maximum Gasteiger partial charge on any atom is 0.407 e. The molecule has 14 heteroatoms. The highest BCUT2D eigenvalue weighted by Crippen LogP contribution is 2.53. The Morgan fingerprint density at radius 3 is 1.43 bits per heavy atom. The van der Waals surface area contributed by atoms with E-state index >= 15 is 0 Å². The van der Waals surface area contributed by atoms with E-state index in [1.807, 2.05) is 49.9 Å². The molecule has 4 heterocycles. The fourth-order valence-electron chi connectivity index (χ4n) is 10.6. The number of ether oxygens (including phenoxy) is 2. The number of hydrogen-bond donors (Lipinski definition) is 4. The first-order valence-electron chi connectivity index (χ1n) is 20.7. The minimum absolute atomic E-state index is 0.0914. The van der Waals surface area contributed by atoms with Crippen LogP contribution in [0.2, 0.25) is 0 Å². The highest BCUT2D eigenvalue weighted by molar-refractivity contribution is 6.04. The predicted octanol–water partition coefficient (Wildman–Crippen LogP) is 6.98. The van der Waals surface area contributed by atoms with Crippen molar-refractivity contribution >= 4 is 24.0 Å². The molecule has 2 saturated heterocycles. The normalized spacial score (nSPS) is 24.7. The Balaban J connectivity index is 0.922. The van der Waals surface area contributed by atoms with Gasteiger partial charge in [0.15, 0.2) is 0 Å². The number of amides is 4. The number of nitrogens with zero attached hydrogens (tertiary/aromatic N) is 4. The van der Waals surface area contributed by atoms with E-state index in [-0.39, 0.29) is 47.8 Å². The van der Waals surface area contributed by atoms with E-state index < -0.39 is 24.3 Å². The van der Waals surface area contributed by atoms with Crippen LogP contribution < -0.4 is 10.6 Å². The summed E-state index contributed by atoms with van der Waals surface area (Å²) in [5.74, 6) is 1.78. The molecule has 4 N–H and O–H groups in total. The van der Waals surface area contributed by atoms with Gasteiger partial charge in [-0.25, -0.2) is 19.6 Å². The number of fused-ring (bicyclic) bond motifs is 8. The number of nitrogens with one attached hydrogen (secondary N) is 4. The Bertz CT molecular complexity index is 2110. The molecule has 2 aromatic heterocycles. The number of hydrogen-bond acceptors (Lipinski definition) is 8. The first-order chi connectivity index (χ1) is 27.9. The maximum absolute atomic E-state index is 14.0. The van der Waals surface area contributed by atoms with Crippen molar-refractivity contribution in [3.05, 3.63) is 60.4 Å². The number of piperidine rings is 2. The topological polar surface area (TPSA) is 175 Å². The molecule has 304 valence electrons. The number of carbonyl (C=O) groups excluding carboxylic acids is 4. The largest absolute Gasteiger partial charge is 0.453 e. The Hall–Kier alpha value is -5.66. The number of rotatable bonds is 10. The summed E-state index contributed by atoms with van der Waals surface area (Å²) in [4.78, 5) is 73.0. The molecule has 3 aliphatic carbocycles. The minimum Gasteiger partial charge on any atom is -0.453 e. The second-order valence-corrected chi connectivity index (χ2v) is 17.4. The van der Waals surface area contributed by atoms with Gasteiger partial charge in [-0.2, -0.15) is 0 Å². The minimum atomic E-state index is -0.683. The highest BCUT2D eigenvalue weighted by Gasteiger charge is 2.53. The van der Waals surface area contributed by atoms with E-state index in [0.717, 1.165) is 72.7 Å². The molecule has 2 aliphatic heterocycles. The molecule has 4 aromatic rings. The van der Waals surface area contributed by atoms with Gasteiger partial charge in [0.1, 0.15) is 23.7 Å². The zero-order valence-electron chi connectivity index (χ0n) is 33.9. The van der Waals surface area contributed by atoms with E-state index in [0.29, 0.717) is 11.8 Å². The summed E-state index contributed by atoms with van der Waals surface area (Å²) in [6.07, 6.45) is 8.35. The molecule has 0 spiro atoms. The summed E-state index contributed by atoms with van der Waals surface area (Å²) in [5, 5.41) is 5.53. The lowest BCUT2D eigenvalue weighted by Gasteiger charge is -2.37. The van der Waals surface area contributed by atoms with Crippen molar-refractivity contribution in [1.29, 1.82) is 0 Å². The van der Waals surface area contributed by atoms with Crippen LogP contribution in [0.5, 0.6) is 0 Å². The fourth-order valence-corrected chi connectivity index (χ4v) is 10.6. The molecule has 14 nitrogen and oxygen atoms in total. The summed E-state index contributed by atoms with van der Waals surface area (Å²) in [7, 11) is 2.62. The monoisotopic (exact) mass is 788 g/mol. The number of carbonyl (C=O) groups is 4. The molecule has 5 aliphatic rings. The van der Waals surface area contributed by atoms with Crippen molar-refractivity contribution in [3.63, 3.8) is 0 Å². The molecular weight excluding hydrogens is 737 g/mol. The Morgan fingerprint density at radius 2 is 1.05 bits per heavy atom. The molecule has 4 bridgehead atoms. The standard InChI is InChI=1S/C44H52N8O6/c1-21(2)35(49-43(55)57-5)41(53)51-27-11-7-25(15-27)37(51)39-45-19-33(47-39)23-9-13-29-31(17-23)30-14-10-24(18-32(29)30)34-20-46-40(48-34)38-26-8-12-28(16-26)52(38)42(54)36(22(3)4)50-44(56)58-6/h9-10,13-14,17-22,25-28,35-38H,7-8,11-12,15-16H2,1-6H3,(H,45,47)(H,46,48)(H,49,55)(H,50,56)/t25-,26-,27+,28+,35-,36-,37-,38?/m0/s1. The third kappa shape index (κ3) is 6.22. The van der Waals surface area contributed by atoms with Crippen LogP contribution in [0.4, 0.5) is 9.59 Å². The van der Waals surface area contributed by atoms with Crippen LogP contribution in [0.1, 0.15) is 90.0 Å². The zero-order valence-corrected chi connectivity index (χ0v) is 33.9. The molecule has 9 rings (SSSR count). The SMILES string of the molecule is COC(=O)N[C@H](C(=O)N1C(c2ncc(-c3ccc4c(c3)-c3ccc(-c5cnc([C@@H]6[C@H]7CC[C@H](C7)N6C(=O)[C@@H](NC(=O)OC)C(C)C)[nH]5)cc3-4)[nH]2)[C@H]2CC[C@@H]1C2)C(C)C. The third-order valence-corrected chi connectivity index (χ3v) is 13.5. The van der Waals surface area contributed by atoms with Crippen molar-refractivity contribution in [3.8, 4) is 44.8 Å². The molecule has 2 saturated carbocycles. The quantitative estimate of drug-likeness (QED) is 0.117. The second-order valence-electron chi connectivity index (χ2n) is 17.4. The van der Waals surface area contributed by atoms with E-state index in [9.17, 15) is 19.2 Å². The highest BCUT2D eigenvalue weighted by atomic mass is 16.5. The number of H-pyrrole nitrogens is 2. The van der Waals surface area contributed by atoms with Gasteiger partial charge in [0.05, 0.1) is 50.1 Å². The number of benzene rings is 2. The van der Waals surface area contributed by atoms with E-state index in [4.69, 9.17) is 19.4 Å². The van der Waals surface area contributed by atoms with Crippen LogP contribution in [-0.4, -0.2) is 92.1 Å². The van der Waals surface area contributed by atoms with Crippen LogP contribution in [0, 0.1) is 23.7 Å². The smallest absolute Gasteiger partial charge is 0.407 e. The number of likely N-dealkylation sites (tertiary alicyclic amines) is 2. The molecule has 1 unspecified atom stereocenters. The number of aromatic nitrogens is 4. The molecule has 0 radical (unpaired) electrons. The predicted molar refractivity (Wildman–Crippen MR) is 216 cm³/mol.